The van der Waals surface area contributed by atoms with Crippen LogP contribution in [0.2, 0.25) is 0 Å². The lowest BCUT2D eigenvalue weighted by atomic mass is 10.1. The minimum atomic E-state index is -1.00. The monoisotopic (exact) mass is 597 g/mol. The average molecular weight is 598 g/mol. The fraction of sp³-hybridized carbons (Fsp3) is 0.750. The number of hydrogen-bond donors (Lipinski definition) is 7. The summed E-state index contributed by atoms with van der Waals surface area (Å²) in [4.78, 5) is 87.4. The standard InChI is InChI=1S/C28H51N7O7/c1-8-16(15-36)30-24(38)18(10-3)32-26(40)20(12-5)34-28(42)22(14-7)35-27(41)21(13-6)33-25(39)19(11-4)31-23(37)17(29)9-2/h15-22H,8-14,29H2,1-7H3,(H,30,38)(H,31,37)(H,32,40)(H,33,39)(H,34,42)(H,35,41)/t16-,17-,18-,19-,20-,21-,22-/m0/s1. The minimum absolute atomic E-state index is 0.201. The van der Waals surface area contributed by atoms with E-state index in [0.717, 1.165) is 0 Å². The largest absolute Gasteiger partial charge is 0.345 e. The maximum Gasteiger partial charge on any atom is 0.243 e. The van der Waals surface area contributed by atoms with Crippen molar-refractivity contribution in [1.29, 1.82) is 0 Å². The van der Waals surface area contributed by atoms with E-state index in [1.54, 1.807) is 48.5 Å². The van der Waals surface area contributed by atoms with Crippen LogP contribution in [0.1, 0.15) is 93.4 Å². The molecule has 8 N–H and O–H groups in total. The van der Waals surface area contributed by atoms with E-state index in [1.807, 2.05) is 0 Å². The lowest BCUT2D eigenvalue weighted by molar-refractivity contribution is -0.135. The normalized spacial score (nSPS) is 15.8. The maximum absolute atomic E-state index is 13.0. The van der Waals surface area contributed by atoms with Crippen LogP contribution in [0.3, 0.4) is 0 Å². The quantitative estimate of drug-likeness (QED) is 0.0887. The highest BCUT2D eigenvalue weighted by Crippen LogP contribution is 2.03. The molecule has 0 radical (unpaired) electrons. The highest BCUT2D eigenvalue weighted by atomic mass is 16.2. The number of nitrogens with two attached hydrogens (primary N) is 1. The van der Waals surface area contributed by atoms with Crippen LogP contribution >= 0.6 is 0 Å². The molecule has 14 heteroatoms. The van der Waals surface area contributed by atoms with Gasteiger partial charge in [-0.05, 0) is 44.9 Å². The van der Waals surface area contributed by atoms with Crippen molar-refractivity contribution in [1.82, 2.24) is 31.9 Å². The summed E-state index contributed by atoms with van der Waals surface area (Å²) >= 11 is 0. The second-order valence-corrected chi connectivity index (χ2v) is 10.0. The van der Waals surface area contributed by atoms with Crippen molar-refractivity contribution in [3.05, 3.63) is 0 Å². The van der Waals surface area contributed by atoms with Crippen molar-refractivity contribution in [3.63, 3.8) is 0 Å². The SMILES string of the molecule is CC[C@@H](C=O)NC(=O)[C@H](CC)NC(=O)[C@H](CC)NC(=O)[C@H](CC)NC(=O)[C@H](CC)NC(=O)[C@H](CC)NC(=O)[C@@H](N)CC. The third kappa shape index (κ3) is 12.5. The van der Waals surface area contributed by atoms with E-state index in [9.17, 15) is 33.6 Å². The second kappa shape index (κ2) is 20.3. The Morgan fingerprint density at radius 3 is 0.929 bits per heavy atom. The number of amides is 6. The van der Waals surface area contributed by atoms with E-state index in [4.69, 9.17) is 5.73 Å². The molecule has 0 spiro atoms. The molecule has 0 rings (SSSR count). The number of aldehydes is 1. The molecular formula is C28H51N7O7. The van der Waals surface area contributed by atoms with Gasteiger partial charge in [0, 0.05) is 0 Å². The van der Waals surface area contributed by atoms with Gasteiger partial charge < -0.3 is 42.4 Å². The zero-order chi connectivity index (χ0) is 32.4. The van der Waals surface area contributed by atoms with Crippen LogP contribution < -0.4 is 37.6 Å². The first-order valence-electron chi connectivity index (χ1n) is 14.9. The predicted octanol–water partition coefficient (Wildman–Crippen LogP) is -0.709. The summed E-state index contributed by atoms with van der Waals surface area (Å²) in [5.74, 6) is -3.31. The van der Waals surface area contributed by atoms with Crippen molar-refractivity contribution in [2.75, 3.05) is 0 Å². The van der Waals surface area contributed by atoms with E-state index in [-0.39, 0.29) is 32.1 Å². The van der Waals surface area contributed by atoms with Gasteiger partial charge in [0.05, 0.1) is 12.1 Å². The van der Waals surface area contributed by atoms with Gasteiger partial charge in [0.2, 0.25) is 35.4 Å². The van der Waals surface area contributed by atoms with Gasteiger partial charge in [-0.2, -0.15) is 0 Å². The molecule has 0 aliphatic carbocycles. The molecule has 42 heavy (non-hydrogen) atoms. The zero-order valence-corrected chi connectivity index (χ0v) is 26.0. The molecule has 0 aromatic carbocycles. The van der Waals surface area contributed by atoms with Gasteiger partial charge in [0.15, 0.2) is 0 Å². The van der Waals surface area contributed by atoms with Crippen LogP contribution in [0.15, 0.2) is 0 Å². The Balaban J connectivity index is 5.32. The Morgan fingerprint density at radius 1 is 0.452 bits per heavy atom. The molecule has 0 saturated heterocycles. The van der Waals surface area contributed by atoms with Crippen molar-refractivity contribution >= 4 is 41.7 Å². The van der Waals surface area contributed by atoms with Crippen molar-refractivity contribution in [2.45, 2.75) is 136 Å². The molecule has 0 saturated carbocycles. The smallest absolute Gasteiger partial charge is 0.243 e. The van der Waals surface area contributed by atoms with Crippen LogP contribution in [0.25, 0.3) is 0 Å². The van der Waals surface area contributed by atoms with Gasteiger partial charge in [0.1, 0.15) is 36.5 Å². The topological polar surface area (TPSA) is 218 Å². The van der Waals surface area contributed by atoms with Crippen molar-refractivity contribution in [2.24, 2.45) is 5.73 Å². The molecule has 240 valence electrons. The van der Waals surface area contributed by atoms with Crippen LogP contribution in [0.4, 0.5) is 0 Å². The van der Waals surface area contributed by atoms with Crippen LogP contribution in [-0.4, -0.2) is 84.0 Å². The zero-order valence-electron chi connectivity index (χ0n) is 26.0. The summed E-state index contributed by atoms with van der Waals surface area (Å²) in [6.07, 6.45) is 2.62. The van der Waals surface area contributed by atoms with E-state index >= 15 is 0 Å². The summed E-state index contributed by atoms with van der Waals surface area (Å²) < 4.78 is 0. The summed E-state index contributed by atoms with van der Waals surface area (Å²) in [5, 5.41) is 15.6. The van der Waals surface area contributed by atoms with Gasteiger partial charge in [-0.3, -0.25) is 28.8 Å². The molecular weight excluding hydrogens is 546 g/mol. The Hall–Kier alpha value is -3.55. The number of carbonyl (C=O) groups is 7. The van der Waals surface area contributed by atoms with E-state index in [1.165, 1.54) is 0 Å². The maximum atomic E-state index is 13.0. The van der Waals surface area contributed by atoms with Gasteiger partial charge >= 0.3 is 0 Å². The Bertz CT molecular complexity index is 930. The molecule has 7 atom stereocenters. The van der Waals surface area contributed by atoms with E-state index < -0.39 is 77.7 Å². The second-order valence-electron chi connectivity index (χ2n) is 10.0. The first kappa shape index (κ1) is 38.5. The average Bonchev–Trinajstić information content (AvgIpc) is 2.99. The Kier molecular flexibility index (Phi) is 18.6. The molecule has 0 aliphatic rings. The lowest BCUT2D eigenvalue weighted by Crippen LogP contribution is -2.59. The minimum Gasteiger partial charge on any atom is -0.345 e. The molecule has 14 nitrogen and oxygen atoms in total. The van der Waals surface area contributed by atoms with Crippen LogP contribution in [0, 0.1) is 0 Å². The molecule has 0 unspecified atom stereocenters. The number of hydrogen-bond acceptors (Lipinski definition) is 8. The first-order chi connectivity index (χ1) is 19.9. The van der Waals surface area contributed by atoms with Gasteiger partial charge in [0.25, 0.3) is 0 Å². The van der Waals surface area contributed by atoms with Crippen molar-refractivity contribution < 1.29 is 33.6 Å². The van der Waals surface area contributed by atoms with Gasteiger partial charge in [-0.1, -0.05) is 48.5 Å². The fourth-order valence-electron chi connectivity index (χ4n) is 3.83. The van der Waals surface area contributed by atoms with Crippen LogP contribution in [0.5, 0.6) is 0 Å². The molecule has 6 amide bonds. The fourth-order valence-corrected chi connectivity index (χ4v) is 3.83. The summed E-state index contributed by atoms with van der Waals surface area (Å²) in [5.41, 5.74) is 5.73. The van der Waals surface area contributed by atoms with Crippen molar-refractivity contribution in [3.8, 4) is 0 Å². The molecule has 0 aromatic heterocycles. The number of rotatable bonds is 20. The first-order valence-corrected chi connectivity index (χ1v) is 14.9. The Morgan fingerprint density at radius 2 is 0.714 bits per heavy atom. The predicted molar refractivity (Wildman–Crippen MR) is 158 cm³/mol. The highest BCUT2D eigenvalue weighted by Gasteiger charge is 2.31. The molecule has 0 aromatic rings. The van der Waals surface area contributed by atoms with E-state index in [2.05, 4.69) is 31.9 Å². The number of nitrogens with one attached hydrogen (secondary N) is 6. The summed E-state index contributed by atoms with van der Waals surface area (Å²) in [6.45, 7) is 12.0. The third-order valence-corrected chi connectivity index (χ3v) is 6.91. The number of carbonyl (C=O) groups excluding carboxylic acids is 7. The molecule has 0 bridgehead atoms. The van der Waals surface area contributed by atoms with Gasteiger partial charge in [-0.15, -0.1) is 0 Å². The third-order valence-electron chi connectivity index (χ3n) is 6.91. The lowest BCUT2D eigenvalue weighted by Gasteiger charge is -2.26. The summed E-state index contributed by atoms with van der Waals surface area (Å²) in [6, 6.07) is -6.16. The molecule has 0 heterocycles. The molecule has 0 fully saturated rings. The Labute approximate surface area is 248 Å². The summed E-state index contributed by atoms with van der Waals surface area (Å²) in [7, 11) is 0. The highest BCUT2D eigenvalue weighted by molar-refractivity contribution is 5.96. The van der Waals surface area contributed by atoms with E-state index in [0.29, 0.717) is 19.1 Å². The van der Waals surface area contributed by atoms with Gasteiger partial charge in [-0.25, -0.2) is 0 Å². The molecule has 0 aliphatic heterocycles. The van der Waals surface area contributed by atoms with Crippen LogP contribution in [-0.2, 0) is 33.6 Å².